The van der Waals surface area contributed by atoms with E-state index in [-0.39, 0.29) is 0 Å². The van der Waals surface area contributed by atoms with Crippen LogP contribution in [-0.4, -0.2) is 0 Å². The number of allylic oxidation sites excluding steroid dienone is 8. The molecule has 0 aromatic carbocycles. The minimum absolute atomic E-state index is 1.32. The minimum Gasteiger partial charge on any atom is -0.0564 e. The Morgan fingerprint density at radius 3 is 0.833 bits per heavy atom. The number of hydrogen-bond acceptors (Lipinski definition) is 0. The molecule has 0 aromatic rings. The molecule has 1 aliphatic rings. The van der Waals surface area contributed by atoms with Crippen molar-refractivity contribution in [1.29, 1.82) is 0 Å². The molecule has 0 atom stereocenters. The molecule has 0 saturated carbocycles. The SMILES string of the molecule is CC1=C/C(C)=C\C(C)=C/C(C)=C1. The molecule has 0 unspecified atom stereocenters. The molecule has 1 rings (SSSR count). The highest BCUT2D eigenvalue weighted by molar-refractivity contribution is 5.41. The Bertz CT molecular complexity index is 221. The molecule has 0 saturated heterocycles. The van der Waals surface area contributed by atoms with Crippen LogP contribution in [0.2, 0.25) is 0 Å². The molecular formula is C12H16. The summed E-state index contributed by atoms with van der Waals surface area (Å²) in [5.41, 5.74) is 5.30. The van der Waals surface area contributed by atoms with Crippen LogP contribution in [-0.2, 0) is 0 Å². The molecule has 0 aromatic heterocycles. The van der Waals surface area contributed by atoms with Crippen LogP contribution in [0.1, 0.15) is 27.7 Å². The highest BCUT2D eigenvalue weighted by atomic mass is 14.0. The fraction of sp³-hybridized carbons (Fsp3) is 0.333. The lowest BCUT2D eigenvalue weighted by Crippen LogP contribution is -1.82. The van der Waals surface area contributed by atoms with Crippen LogP contribution >= 0.6 is 0 Å². The van der Waals surface area contributed by atoms with E-state index in [1.807, 2.05) is 0 Å². The summed E-state index contributed by atoms with van der Waals surface area (Å²) >= 11 is 0. The van der Waals surface area contributed by atoms with Gasteiger partial charge < -0.3 is 0 Å². The first-order valence-corrected chi connectivity index (χ1v) is 4.31. The van der Waals surface area contributed by atoms with Gasteiger partial charge in [-0.25, -0.2) is 0 Å². The van der Waals surface area contributed by atoms with Gasteiger partial charge in [0, 0.05) is 0 Å². The van der Waals surface area contributed by atoms with E-state index in [2.05, 4.69) is 52.0 Å². The lowest BCUT2D eigenvalue weighted by molar-refractivity contribution is 1.33. The Kier molecular flexibility index (Phi) is 2.69. The second-order valence-electron chi connectivity index (χ2n) is 3.55. The Morgan fingerprint density at radius 1 is 0.500 bits per heavy atom. The predicted octanol–water partition coefficient (Wildman–Crippen LogP) is 3.79. The fourth-order valence-corrected chi connectivity index (χ4v) is 1.60. The highest BCUT2D eigenvalue weighted by Gasteiger charge is 1.94. The normalized spacial score (nSPS) is 27.0. The molecule has 0 fully saturated rings. The van der Waals surface area contributed by atoms with Crippen LogP contribution in [0, 0.1) is 0 Å². The molecule has 0 N–H and O–H groups in total. The van der Waals surface area contributed by atoms with Crippen molar-refractivity contribution in [3.05, 3.63) is 46.6 Å². The van der Waals surface area contributed by atoms with Crippen molar-refractivity contribution in [2.75, 3.05) is 0 Å². The van der Waals surface area contributed by atoms with Crippen molar-refractivity contribution in [3.63, 3.8) is 0 Å². The van der Waals surface area contributed by atoms with Gasteiger partial charge in [-0.15, -0.1) is 0 Å². The quantitative estimate of drug-likeness (QED) is 0.506. The number of rotatable bonds is 0. The molecule has 0 nitrogen and oxygen atoms in total. The average molecular weight is 160 g/mol. The average Bonchev–Trinajstić information content (AvgIpc) is 1.81. The predicted molar refractivity (Wildman–Crippen MR) is 55.0 cm³/mol. The molecule has 1 aliphatic carbocycles. The van der Waals surface area contributed by atoms with Crippen molar-refractivity contribution >= 4 is 0 Å². The summed E-state index contributed by atoms with van der Waals surface area (Å²) in [6, 6.07) is 0. The number of hydrogen-bond donors (Lipinski definition) is 0. The van der Waals surface area contributed by atoms with Gasteiger partial charge in [0.2, 0.25) is 0 Å². The van der Waals surface area contributed by atoms with Crippen LogP contribution in [0.3, 0.4) is 0 Å². The van der Waals surface area contributed by atoms with Gasteiger partial charge in [-0.1, -0.05) is 46.6 Å². The second-order valence-corrected chi connectivity index (χ2v) is 3.55. The van der Waals surface area contributed by atoms with Crippen molar-refractivity contribution in [3.8, 4) is 0 Å². The van der Waals surface area contributed by atoms with E-state index in [4.69, 9.17) is 0 Å². The highest BCUT2D eigenvalue weighted by Crippen LogP contribution is 2.14. The first-order chi connectivity index (χ1) is 5.58. The third kappa shape index (κ3) is 2.54. The van der Waals surface area contributed by atoms with Crippen molar-refractivity contribution in [2.45, 2.75) is 27.7 Å². The van der Waals surface area contributed by atoms with Gasteiger partial charge in [0.1, 0.15) is 0 Å². The zero-order valence-corrected chi connectivity index (χ0v) is 8.31. The van der Waals surface area contributed by atoms with Gasteiger partial charge in [-0.2, -0.15) is 0 Å². The Morgan fingerprint density at radius 2 is 0.667 bits per heavy atom. The molecule has 0 heterocycles. The third-order valence-electron chi connectivity index (χ3n) is 1.82. The molecular weight excluding hydrogens is 144 g/mol. The van der Waals surface area contributed by atoms with Crippen molar-refractivity contribution < 1.29 is 0 Å². The Hall–Kier alpha value is -1.04. The summed E-state index contributed by atoms with van der Waals surface area (Å²) in [7, 11) is 0. The zero-order valence-electron chi connectivity index (χ0n) is 8.31. The standard InChI is InChI=1S/C12H16/c1-9-5-10(2)7-12(4)8-11(3)6-9/h5-8H,1-4H3/b9-5-,9-6?,10-5?,10-7-,11-6?,11-8?,12-7?,12-8?. The van der Waals surface area contributed by atoms with Gasteiger partial charge in [-0.3, -0.25) is 0 Å². The first kappa shape index (κ1) is 9.05. The summed E-state index contributed by atoms with van der Waals surface area (Å²) < 4.78 is 0. The summed E-state index contributed by atoms with van der Waals surface area (Å²) in [6.07, 6.45) is 8.83. The summed E-state index contributed by atoms with van der Waals surface area (Å²) in [6.45, 7) is 8.54. The summed E-state index contributed by atoms with van der Waals surface area (Å²) in [5, 5.41) is 0. The summed E-state index contributed by atoms with van der Waals surface area (Å²) in [5.74, 6) is 0. The zero-order chi connectivity index (χ0) is 9.14. The van der Waals surface area contributed by atoms with E-state index < -0.39 is 0 Å². The van der Waals surface area contributed by atoms with Gasteiger partial charge in [-0.05, 0) is 27.7 Å². The van der Waals surface area contributed by atoms with E-state index in [1.54, 1.807) is 0 Å². The van der Waals surface area contributed by atoms with E-state index in [1.165, 1.54) is 22.3 Å². The first-order valence-electron chi connectivity index (χ1n) is 4.31. The second kappa shape index (κ2) is 3.57. The molecule has 0 spiro atoms. The van der Waals surface area contributed by atoms with Crippen LogP contribution in [0.25, 0.3) is 0 Å². The monoisotopic (exact) mass is 160 g/mol. The molecule has 0 heteroatoms. The van der Waals surface area contributed by atoms with Crippen LogP contribution in [0.15, 0.2) is 46.6 Å². The lowest BCUT2D eigenvalue weighted by atomic mass is 10.0. The molecule has 0 amide bonds. The van der Waals surface area contributed by atoms with E-state index >= 15 is 0 Å². The Balaban J connectivity index is 3.09. The molecule has 0 bridgehead atoms. The van der Waals surface area contributed by atoms with Crippen molar-refractivity contribution in [2.24, 2.45) is 0 Å². The van der Waals surface area contributed by atoms with Crippen molar-refractivity contribution in [1.82, 2.24) is 0 Å². The largest absolute Gasteiger partial charge is 0.0564 e. The minimum atomic E-state index is 1.32. The maximum absolute atomic E-state index is 2.21. The maximum atomic E-state index is 2.21. The maximum Gasteiger partial charge on any atom is -0.0398 e. The third-order valence-corrected chi connectivity index (χ3v) is 1.82. The molecule has 0 aliphatic heterocycles. The van der Waals surface area contributed by atoms with Gasteiger partial charge in [0.05, 0.1) is 0 Å². The summed E-state index contributed by atoms with van der Waals surface area (Å²) in [4.78, 5) is 0. The molecule has 12 heavy (non-hydrogen) atoms. The van der Waals surface area contributed by atoms with Crippen LogP contribution < -0.4 is 0 Å². The Labute approximate surface area is 75.0 Å². The van der Waals surface area contributed by atoms with E-state index in [0.29, 0.717) is 0 Å². The molecule has 0 radical (unpaired) electrons. The van der Waals surface area contributed by atoms with Gasteiger partial charge in [0.25, 0.3) is 0 Å². The fourth-order valence-electron chi connectivity index (χ4n) is 1.60. The van der Waals surface area contributed by atoms with E-state index in [0.717, 1.165) is 0 Å². The molecule has 64 valence electrons. The van der Waals surface area contributed by atoms with Gasteiger partial charge in [0.15, 0.2) is 0 Å². The lowest BCUT2D eigenvalue weighted by Gasteiger charge is -2.03. The smallest absolute Gasteiger partial charge is 0.0398 e. The topological polar surface area (TPSA) is 0 Å². The van der Waals surface area contributed by atoms with Crippen LogP contribution in [0.5, 0.6) is 0 Å². The van der Waals surface area contributed by atoms with E-state index in [9.17, 15) is 0 Å². The van der Waals surface area contributed by atoms with Crippen LogP contribution in [0.4, 0.5) is 0 Å². The van der Waals surface area contributed by atoms with Gasteiger partial charge >= 0.3 is 0 Å².